The summed E-state index contributed by atoms with van der Waals surface area (Å²) < 4.78 is 0. The lowest BCUT2D eigenvalue weighted by Gasteiger charge is -2.53. The summed E-state index contributed by atoms with van der Waals surface area (Å²) >= 11 is 0. The van der Waals surface area contributed by atoms with Crippen molar-refractivity contribution < 1.29 is 5.11 Å². The Hall–Kier alpha value is -0.0800. The zero-order valence-corrected chi connectivity index (χ0v) is 15.1. The zero-order valence-electron chi connectivity index (χ0n) is 15.1. The van der Waals surface area contributed by atoms with Crippen molar-refractivity contribution in [2.24, 2.45) is 33.8 Å². The SMILES string of the molecule is CC1CC(C)(C)CC1(O)C1(CN)CCC(C(C)(C)C)CC1. The molecular formula is C19H37NO. The predicted octanol–water partition coefficient (Wildman–Crippen LogP) is 4.36. The number of rotatable bonds is 2. The van der Waals surface area contributed by atoms with Crippen molar-refractivity contribution in [2.45, 2.75) is 85.7 Å². The van der Waals surface area contributed by atoms with E-state index in [-0.39, 0.29) is 10.8 Å². The maximum absolute atomic E-state index is 11.6. The third-order valence-corrected chi connectivity index (χ3v) is 6.90. The zero-order chi connectivity index (χ0) is 16.1. The van der Waals surface area contributed by atoms with Crippen LogP contribution in [0.2, 0.25) is 0 Å². The summed E-state index contributed by atoms with van der Waals surface area (Å²) in [6, 6.07) is 0. The molecule has 124 valence electrons. The maximum Gasteiger partial charge on any atom is 0.0746 e. The Morgan fingerprint density at radius 3 is 2.00 bits per heavy atom. The lowest BCUT2D eigenvalue weighted by molar-refractivity contribution is -0.133. The molecule has 0 spiro atoms. The summed E-state index contributed by atoms with van der Waals surface area (Å²) in [4.78, 5) is 0. The Bertz CT molecular complexity index is 374. The highest BCUT2D eigenvalue weighted by molar-refractivity contribution is 5.11. The van der Waals surface area contributed by atoms with Crippen LogP contribution in [0.3, 0.4) is 0 Å². The molecule has 2 fully saturated rings. The Balaban J connectivity index is 2.21. The van der Waals surface area contributed by atoms with Crippen LogP contribution >= 0.6 is 0 Å². The van der Waals surface area contributed by atoms with Gasteiger partial charge in [0.05, 0.1) is 5.60 Å². The second-order valence-electron chi connectivity index (χ2n) is 10.00. The number of hydrogen-bond acceptors (Lipinski definition) is 2. The van der Waals surface area contributed by atoms with E-state index in [2.05, 4.69) is 41.5 Å². The molecule has 2 saturated carbocycles. The lowest BCUT2D eigenvalue weighted by atomic mass is 9.56. The third-order valence-electron chi connectivity index (χ3n) is 6.90. The first-order valence-corrected chi connectivity index (χ1v) is 8.88. The van der Waals surface area contributed by atoms with Crippen LogP contribution in [0, 0.1) is 28.1 Å². The van der Waals surface area contributed by atoms with Gasteiger partial charge in [-0.1, -0.05) is 41.5 Å². The second kappa shape index (κ2) is 5.23. The molecule has 0 aromatic rings. The molecule has 0 aromatic carbocycles. The number of hydrogen-bond donors (Lipinski definition) is 2. The molecule has 2 aliphatic rings. The topological polar surface area (TPSA) is 46.2 Å². The molecule has 3 N–H and O–H groups in total. The molecule has 0 heterocycles. The van der Waals surface area contributed by atoms with Crippen LogP contribution in [0.4, 0.5) is 0 Å². The van der Waals surface area contributed by atoms with E-state index in [0.29, 0.717) is 17.9 Å². The van der Waals surface area contributed by atoms with E-state index in [0.717, 1.165) is 31.6 Å². The van der Waals surface area contributed by atoms with Crippen molar-refractivity contribution in [3.63, 3.8) is 0 Å². The Labute approximate surface area is 131 Å². The van der Waals surface area contributed by atoms with Gasteiger partial charge in [0, 0.05) is 12.0 Å². The molecule has 0 aliphatic heterocycles. The van der Waals surface area contributed by atoms with Crippen molar-refractivity contribution in [2.75, 3.05) is 6.54 Å². The van der Waals surface area contributed by atoms with E-state index in [4.69, 9.17) is 5.73 Å². The molecule has 0 saturated heterocycles. The minimum Gasteiger partial charge on any atom is -0.389 e. The molecule has 2 atom stereocenters. The van der Waals surface area contributed by atoms with E-state index in [1.165, 1.54) is 12.8 Å². The van der Waals surface area contributed by atoms with Gasteiger partial charge in [0.2, 0.25) is 0 Å². The Morgan fingerprint density at radius 1 is 1.14 bits per heavy atom. The molecule has 2 aliphatic carbocycles. The molecule has 0 radical (unpaired) electrons. The standard InChI is InChI=1S/C19H37NO/c1-14-11-17(5,6)12-19(14,21)18(13-20)9-7-15(8-10-18)16(2,3)4/h14-15,21H,7-13,20H2,1-6H3. The highest BCUT2D eigenvalue weighted by Gasteiger charge is 2.59. The molecule has 0 amide bonds. The van der Waals surface area contributed by atoms with Gasteiger partial charge >= 0.3 is 0 Å². The lowest BCUT2D eigenvalue weighted by Crippen LogP contribution is -2.56. The van der Waals surface area contributed by atoms with Crippen LogP contribution in [0.1, 0.15) is 80.1 Å². The summed E-state index contributed by atoms with van der Waals surface area (Å²) in [5.41, 5.74) is 6.26. The first-order chi connectivity index (χ1) is 9.46. The quantitative estimate of drug-likeness (QED) is 0.795. The summed E-state index contributed by atoms with van der Waals surface area (Å²) in [5.74, 6) is 1.13. The minimum atomic E-state index is -0.561. The van der Waals surface area contributed by atoms with Crippen molar-refractivity contribution in [1.82, 2.24) is 0 Å². The van der Waals surface area contributed by atoms with Crippen molar-refractivity contribution >= 4 is 0 Å². The highest BCUT2D eigenvalue weighted by atomic mass is 16.3. The third kappa shape index (κ3) is 2.91. The van der Waals surface area contributed by atoms with Gasteiger partial charge in [0.25, 0.3) is 0 Å². The van der Waals surface area contributed by atoms with Crippen LogP contribution < -0.4 is 5.73 Å². The Kier molecular flexibility index (Phi) is 4.30. The van der Waals surface area contributed by atoms with E-state index >= 15 is 0 Å². The molecule has 2 unspecified atom stereocenters. The average Bonchev–Trinajstić information content (AvgIpc) is 2.58. The van der Waals surface area contributed by atoms with Crippen molar-refractivity contribution in [1.29, 1.82) is 0 Å². The summed E-state index contributed by atoms with van der Waals surface area (Å²) in [6.07, 6.45) is 6.67. The summed E-state index contributed by atoms with van der Waals surface area (Å²) in [7, 11) is 0. The Morgan fingerprint density at radius 2 is 1.67 bits per heavy atom. The second-order valence-corrected chi connectivity index (χ2v) is 10.00. The van der Waals surface area contributed by atoms with Crippen molar-refractivity contribution in [3.05, 3.63) is 0 Å². The molecule has 0 aromatic heterocycles. The largest absolute Gasteiger partial charge is 0.389 e. The van der Waals surface area contributed by atoms with Gasteiger partial charge in [-0.25, -0.2) is 0 Å². The van der Waals surface area contributed by atoms with Gasteiger partial charge < -0.3 is 10.8 Å². The fourth-order valence-electron chi connectivity index (χ4n) is 5.53. The first kappa shape index (κ1) is 17.3. The molecule has 21 heavy (non-hydrogen) atoms. The van der Waals surface area contributed by atoms with Gasteiger partial charge in [-0.3, -0.25) is 0 Å². The van der Waals surface area contributed by atoms with Crippen LogP contribution in [0.15, 0.2) is 0 Å². The van der Waals surface area contributed by atoms with Crippen LogP contribution in [-0.4, -0.2) is 17.3 Å². The molecule has 0 bridgehead atoms. The average molecular weight is 296 g/mol. The summed E-state index contributed by atoms with van der Waals surface area (Å²) in [6.45, 7) is 14.5. The van der Waals surface area contributed by atoms with Gasteiger partial charge in [0.15, 0.2) is 0 Å². The number of aliphatic hydroxyl groups is 1. The molecule has 2 heteroatoms. The van der Waals surface area contributed by atoms with E-state index in [1.54, 1.807) is 0 Å². The normalized spacial score (nSPS) is 44.0. The van der Waals surface area contributed by atoms with Crippen LogP contribution in [-0.2, 0) is 0 Å². The predicted molar refractivity (Wildman–Crippen MR) is 90.0 cm³/mol. The van der Waals surface area contributed by atoms with Gasteiger partial charge in [-0.15, -0.1) is 0 Å². The molecular weight excluding hydrogens is 258 g/mol. The smallest absolute Gasteiger partial charge is 0.0746 e. The fraction of sp³-hybridized carbons (Fsp3) is 1.00. The van der Waals surface area contributed by atoms with Gasteiger partial charge in [-0.05, 0) is 61.2 Å². The van der Waals surface area contributed by atoms with Crippen molar-refractivity contribution in [3.8, 4) is 0 Å². The first-order valence-electron chi connectivity index (χ1n) is 8.88. The van der Waals surface area contributed by atoms with Crippen LogP contribution in [0.5, 0.6) is 0 Å². The van der Waals surface area contributed by atoms with Gasteiger partial charge in [-0.2, -0.15) is 0 Å². The van der Waals surface area contributed by atoms with Crippen LogP contribution in [0.25, 0.3) is 0 Å². The monoisotopic (exact) mass is 295 g/mol. The fourth-order valence-corrected chi connectivity index (χ4v) is 5.53. The van der Waals surface area contributed by atoms with E-state index < -0.39 is 5.60 Å². The molecule has 2 rings (SSSR count). The highest BCUT2D eigenvalue weighted by Crippen LogP contribution is 2.60. The minimum absolute atomic E-state index is 0.0536. The maximum atomic E-state index is 11.6. The molecule has 2 nitrogen and oxygen atoms in total. The number of nitrogens with two attached hydrogens (primary N) is 1. The van der Waals surface area contributed by atoms with E-state index in [9.17, 15) is 5.11 Å². The van der Waals surface area contributed by atoms with E-state index in [1.807, 2.05) is 0 Å². The summed E-state index contributed by atoms with van der Waals surface area (Å²) in [5, 5.41) is 11.6. The van der Waals surface area contributed by atoms with Gasteiger partial charge in [0.1, 0.15) is 0 Å².